The van der Waals surface area contributed by atoms with Crippen LogP contribution in [0.2, 0.25) is 5.02 Å². The Hall–Kier alpha value is -5.86. The van der Waals surface area contributed by atoms with Crippen LogP contribution in [-0.4, -0.2) is 139 Å². The molecule has 0 saturated carbocycles. The van der Waals surface area contributed by atoms with Gasteiger partial charge in [-0.25, -0.2) is 4.98 Å². The number of aliphatic imine (C=N–C) groups is 1. The molecule has 5 amide bonds. The number of aryl methyl sites for hydroxylation is 3. The number of halogens is 1. The lowest BCUT2D eigenvalue weighted by Crippen LogP contribution is -2.57. The van der Waals surface area contributed by atoms with Gasteiger partial charge in [0.1, 0.15) is 29.0 Å². The van der Waals surface area contributed by atoms with Gasteiger partial charge < -0.3 is 30.9 Å². The summed E-state index contributed by atoms with van der Waals surface area (Å²) in [6.45, 7) is 16.1. The van der Waals surface area contributed by atoms with Gasteiger partial charge in [-0.05, 0) is 68.4 Å². The van der Waals surface area contributed by atoms with Gasteiger partial charge in [0.25, 0.3) is 0 Å². The summed E-state index contributed by atoms with van der Waals surface area (Å²) in [5.41, 5.74) is 7.79. The summed E-state index contributed by atoms with van der Waals surface area (Å²) in [6.07, 6.45) is -0.295. The molecule has 3 aliphatic rings. The molecule has 5 aromatic rings. The second-order valence-electron chi connectivity index (χ2n) is 19.7. The number of aromatic nitrogens is 4. The number of benzene rings is 2. The number of hydrogen-bond acceptors (Lipinski definition) is 13. The maximum atomic E-state index is 14.1. The number of amides is 5. The Morgan fingerprint density at radius 2 is 1.61 bits per heavy atom. The standard InChI is InChI=1S/C51H62ClN11O6S2/c1-29-31(3)71-50-43(29)44(34-14-16-36(52)17-15-34)56-38(47-59-58-32(4)63(47)50)24-42(67)61-21-19-60(20-22-61)27-41(66)53-18-8-9-40(65)57-46(51(5,6)7)49(69)62-26-37(64)23-39(62)48(68)54-25-33-10-12-35(13-11-33)45-30(2)55-28-70-45/h10-17,28,37-39,46,64H,8-9,18-27H2,1-7H3,(H,53,66)(H,54,68)(H,57,65)/t37-,38+,39+,46-/m1/s1. The maximum Gasteiger partial charge on any atom is 0.246 e. The largest absolute Gasteiger partial charge is 0.391 e. The first kappa shape index (κ1) is 51.5. The molecule has 2 aromatic carbocycles. The molecule has 20 heteroatoms. The van der Waals surface area contributed by atoms with E-state index in [0.29, 0.717) is 43.4 Å². The van der Waals surface area contributed by atoms with Gasteiger partial charge in [0.2, 0.25) is 29.5 Å². The highest BCUT2D eigenvalue weighted by Crippen LogP contribution is 2.40. The quantitative estimate of drug-likeness (QED) is 0.0973. The van der Waals surface area contributed by atoms with E-state index in [0.717, 1.165) is 59.8 Å². The van der Waals surface area contributed by atoms with Crippen LogP contribution in [0, 0.1) is 33.1 Å². The zero-order chi connectivity index (χ0) is 50.7. The Morgan fingerprint density at radius 3 is 2.28 bits per heavy atom. The number of aliphatic hydroxyl groups excluding tert-OH is 1. The summed E-state index contributed by atoms with van der Waals surface area (Å²) in [5.74, 6) is -0.0910. The minimum absolute atomic E-state index is 0.0250. The fraction of sp³-hybridized carbons (Fsp3) is 0.471. The molecule has 4 atom stereocenters. The summed E-state index contributed by atoms with van der Waals surface area (Å²) in [7, 11) is 0. The molecule has 0 unspecified atom stereocenters. The molecule has 0 radical (unpaired) electrons. The van der Waals surface area contributed by atoms with Crippen molar-refractivity contribution in [2.45, 2.75) is 105 Å². The Bertz CT molecular complexity index is 2810. The Balaban J connectivity index is 0.786. The number of nitrogens with one attached hydrogen (secondary N) is 3. The van der Waals surface area contributed by atoms with E-state index >= 15 is 0 Å². The molecule has 376 valence electrons. The Kier molecular flexibility index (Phi) is 15.9. The second kappa shape index (κ2) is 21.9. The average Bonchev–Trinajstić information content (AvgIpc) is 4.11. The topological polar surface area (TPSA) is 207 Å². The number of fused-ring (bicyclic) bond motifs is 3. The number of nitrogens with zero attached hydrogens (tertiary/aromatic N) is 8. The van der Waals surface area contributed by atoms with Crippen LogP contribution in [0.25, 0.3) is 15.4 Å². The first-order valence-corrected chi connectivity index (χ1v) is 26.1. The van der Waals surface area contributed by atoms with E-state index < -0.39 is 35.6 Å². The molecule has 17 nitrogen and oxygen atoms in total. The van der Waals surface area contributed by atoms with Crippen LogP contribution in [0.1, 0.15) is 97.0 Å². The molecule has 0 aliphatic carbocycles. The maximum absolute atomic E-state index is 14.1. The first-order valence-electron chi connectivity index (χ1n) is 24.0. The van der Waals surface area contributed by atoms with E-state index in [-0.39, 0.29) is 69.1 Å². The molecule has 3 aromatic heterocycles. The van der Waals surface area contributed by atoms with Crippen molar-refractivity contribution in [1.82, 2.24) is 50.4 Å². The SMILES string of the molecule is Cc1ncsc1-c1ccc(CNC(=O)[C@@H]2C[C@@H](O)CN2C(=O)[C@@H](NC(=O)CCCNC(=O)CN2CCN(C(=O)C[C@@H]3N=C(c4ccc(Cl)cc4)c4c(sc(C)c4C)-n4c(C)nnc43)CC2)C(C)(C)C)cc1. The zero-order valence-corrected chi connectivity index (χ0v) is 43.6. The molecule has 8 rings (SSSR count). The van der Waals surface area contributed by atoms with Crippen molar-refractivity contribution in [2.24, 2.45) is 10.4 Å². The third-order valence-corrected chi connectivity index (χ3v) is 15.9. The molecule has 71 heavy (non-hydrogen) atoms. The first-order chi connectivity index (χ1) is 33.9. The number of likely N-dealkylation sites (tertiary alicyclic amines) is 1. The molecular formula is C51H62ClN11O6S2. The van der Waals surface area contributed by atoms with E-state index in [2.05, 4.69) is 45.0 Å². The summed E-state index contributed by atoms with van der Waals surface area (Å²) in [6, 6.07) is 13.0. The van der Waals surface area contributed by atoms with Gasteiger partial charge in [-0.2, -0.15) is 0 Å². The molecule has 2 fully saturated rings. The van der Waals surface area contributed by atoms with Crippen LogP contribution in [0.4, 0.5) is 0 Å². The molecule has 4 N–H and O–H groups in total. The molecular weight excluding hydrogens is 962 g/mol. The van der Waals surface area contributed by atoms with E-state index in [4.69, 9.17) is 16.6 Å². The highest BCUT2D eigenvalue weighted by molar-refractivity contribution is 7.15. The van der Waals surface area contributed by atoms with Gasteiger partial charge >= 0.3 is 0 Å². The van der Waals surface area contributed by atoms with E-state index in [1.807, 2.05) is 103 Å². The molecule has 2 saturated heterocycles. The highest BCUT2D eigenvalue weighted by atomic mass is 35.5. The zero-order valence-electron chi connectivity index (χ0n) is 41.3. The summed E-state index contributed by atoms with van der Waals surface area (Å²) in [5, 5.41) is 29.9. The summed E-state index contributed by atoms with van der Waals surface area (Å²) in [4.78, 5) is 84.9. The van der Waals surface area contributed by atoms with Gasteiger partial charge in [0.15, 0.2) is 5.82 Å². The van der Waals surface area contributed by atoms with Gasteiger partial charge in [0.05, 0.1) is 40.9 Å². The number of piperazine rings is 1. The van der Waals surface area contributed by atoms with Gasteiger partial charge in [-0.1, -0.05) is 68.8 Å². The highest BCUT2D eigenvalue weighted by Gasteiger charge is 2.44. The van der Waals surface area contributed by atoms with E-state index in [9.17, 15) is 29.1 Å². The van der Waals surface area contributed by atoms with Crippen LogP contribution in [-0.2, 0) is 30.5 Å². The Morgan fingerprint density at radius 1 is 0.901 bits per heavy atom. The smallest absolute Gasteiger partial charge is 0.246 e. The predicted octanol–water partition coefficient (Wildman–Crippen LogP) is 5.47. The minimum Gasteiger partial charge on any atom is -0.391 e. The fourth-order valence-corrected chi connectivity index (χ4v) is 11.5. The van der Waals surface area contributed by atoms with Crippen molar-refractivity contribution in [1.29, 1.82) is 0 Å². The van der Waals surface area contributed by atoms with Gasteiger partial charge in [-0.15, -0.1) is 32.9 Å². The van der Waals surface area contributed by atoms with Crippen molar-refractivity contribution in [3.63, 3.8) is 0 Å². The monoisotopic (exact) mass is 1020 g/mol. The number of carbonyl (C=O) groups excluding carboxylic acids is 5. The van der Waals surface area contributed by atoms with Crippen LogP contribution in [0.15, 0.2) is 59.0 Å². The van der Waals surface area contributed by atoms with Crippen molar-refractivity contribution in [2.75, 3.05) is 45.8 Å². The lowest BCUT2D eigenvalue weighted by molar-refractivity contribution is -0.144. The third kappa shape index (κ3) is 11.8. The van der Waals surface area contributed by atoms with Crippen molar-refractivity contribution in [3.8, 4) is 15.4 Å². The lowest BCUT2D eigenvalue weighted by atomic mass is 9.85. The number of aliphatic hydroxyl groups is 1. The number of carbonyl (C=O) groups is 5. The van der Waals surface area contributed by atoms with Crippen LogP contribution in [0.3, 0.4) is 0 Å². The number of β-amino-alcohol motifs (C(OH)–C–C–N with tert-alkyl or cyclic N) is 1. The number of thiophene rings is 1. The average molecular weight is 1020 g/mol. The Labute approximate surface area is 427 Å². The van der Waals surface area contributed by atoms with Crippen molar-refractivity contribution < 1.29 is 29.1 Å². The summed E-state index contributed by atoms with van der Waals surface area (Å²) >= 11 is 9.50. The number of hydrogen-bond donors (Lipinski definition) is 4. The lowest BCUT2D eigenvalue weighted by Gasteiger charge is -2.35. The fourth-order valence-electron chi connectivity index (χ4n) is 9.33. The normalized spacial score (nSPS) is 18.5. The molecule has 3 aliphatic heterocycles. The second-order valence-corrected chi connectivity index (χ2v) is 22.2. The number of rotatable bonds is 15. The van der Waals surface area contributed by atoms with E-state index in [1.165, 1.54) is 4.90 Å². The third-order valence-electron chi connectivity index (χ3n) is 13.4. The van der Waals surface area contributed by atoms with Gasteiger partial charge in [-0.3, -0.25) is 38.4 Å². The van der Waals surface area contributed by atoms with Crippen LogP contribution in [0.5, 0.6) is 0 Å². The number of thiazole rings is 1. The molecule has 6 heterocycles. The molecule has 0 spiro atoms. The van der Waals surface area contributed by atoms with Crippen LogP contribution < -0.4 is 16.0 Å². The van der Waals surface area contributed by atoms with Crippen LogP contribution >= 0.6 is 34.3 Å². The van der Waals surface area contributed by atoms with E-state index in [1.54, 1.807) is 22.7 Å². The van der Waals surface area contributed by atoms with Crippen molar-refractivity contribution >= 4 is 69.5 Å². The van der Waals surface area contributed by atoms with Gasteiger partial charge in [0, 0.05) is 79.7 Å². The molecule has 0 bridgehead atoms. The minimum atomic E-state index is -0.961. The van der Waals surface area contributed by atoms with Crippen molar-refractivity contribution in [3.05, 3.63) is 104 Å². The summed E-state index contributed by atoms with van der Waals surface area (Å²) < 4.78 is 2.03. The predicted molar refractivity (Wildman–Crippen MR) is 275 cm³/mol.